The number of likely N-dealkylation sites (tertiary alicyclic amines) is 1. The second-order valence-electron chi connectivity index (χ2n) is 9.00. The summed E-state index contributed by atoms with van der Waals surface area (Å²) in [6.45, 7) is 5.48. The fourth-order valence-corrected chi connectivity index (χ4v) is 4.64. The first-order valence-electron chi connectivity index (χ1n) is 11.4. The molecule has 9 heteroatoms. The third kappa shape index (κ3) is 5.69. The summed E-state index contributed by atoms with van der Waals surface area (Å²) in [5.74, 6) is -0.285. The number of rotatable bonds is 5. The number of hydrogen-bond donors (Lipinski definition) is 2. The Morgan fingerprint density at radius 1 is 1.09 bits per heavy atom. The van der Waals surface area contributed by atoms with Gasteiger partial charge in [0.15, 0.2) is 0 Å². The van der Waals surface area contributed by atoms with E-state index in [4.69, 9.17) is 16.3 Å². The summed E-state index contributed by atoms with van der Waals surface area (Å²) in [6, 6.07) is 12.6. The Morgan fingerprint density at radius 3 is 2.59 bits per heavy atom. The van der Waals surface area contributed by atoms with Crippen LogP contribution in [0.1, 0.15) is 31.7 Å². The van der Waals surface area contributed by atoms with Gasteiger partial charge in [-0.2, -0.15) is 0 Å². The molecule has 2 heterocycles. The van der Waals surface area contributed by atoms with E-state index in [1.54, 1.807) is 23.1 Å². The molecule has 2 aromatic carbocycles. The van der Waals surface area contributed by atoms with E-state index in [0.29, 0.717) is 35.9 Å². The van der Waals surface area contributed by atoms with Crippen molar-refractivity contribution in [2.75, 3.05) is 41.7 Å². The lowest BCUT2D eigenvalue weighted by molar-refractivity contribution is -0.117. The third-order valence-corrected chi connectivity index (χ3v) is 6.55. The lowest BCUT2D eigenvalue weighted by Crippen LogP contribution is -2.37. The van der Waals surface area contributed by atoms with Crippen molar-refractivity contribution in [2.45, 2.75) is 38.7 Å². The van der Waals surface area contributed by atoms with Crippen LogP contribution in [0, 0.1) is 6.92 Å². The van der Waals surface area contributed by atoms with Crippen LogP contribution in [0.5, 0.6) is 0 Å². The van der Waals surface area contributed by atoms with Crippen molar-refractivity contribution in [1.29, 1.82) is 0 Å². The molecule has 0 radical (unpaired) electrons. The van der Waals surface area contributed by atoms with E-state index in [1.165, 1.54) is 6.92 Å². The predicted octanol–water partition coefficient (Wildman–Crippen LogP) is 4.43. The Morgan fingerprint density at radius 2 is 1.85 bits per heavy atom. The molecule has 0 aromatic heterocycles. The molecule has 2 saturated heterocycles. The van der Waals surface area contributed by atoms with Gasteiger partial charge in [0.1, 0.15) is 5.60 Å². The lowest BCUT2D eigenvalue weighted by atomic mass is 9.95. The van der Waals surface area contributed by atoms with Gasteiger partial charge < -0.3 is 15.4 Å². The van der Waals surface area contributed by atoms with Crippen LogP contribution in [-0.2, 0) is 14.3 Å². The minimum absolute atomic E-state index is 0.125. The number of nitrogens with one attached hydrogen (secondary N) is 2. The summed E-state index contributed by atoms with van der Waals surface area (Å²) >= 11 is 5.97. The van der Waals surface area contributed by atoms with Gasteiger partial charge in [0.2, 0.25) is 11.8 Å². The van der Waals surface area contributed by atoms with Crippen molar-refractivity contribution in [3.05, 3.63) is 53.1 Å². The van der Waals surface area contributed by atoms with E-state index in [1.807, 2.05) is 31.2 Å². The van der Waals surface area contributed by atoms with Gasteiger partial charge in [-0.05, 0) is 68.3 Å². The van der Waals surface area contributed by atoms with E-state index < -0.39 is 5.60 Å². The van der Waals surface area contributed by atoms with Crippen molar-refractivity contribution in [1.82, 2.24) is 4.90 Å². The number of amides is 3. The molecule has 2 N–H and O–H groups in total. The molecule has 0 bridgehead atoms. The molecule has 2 fully saturated rings. The molecule has 2 aliphatic heterocycles. The van der Waals surface area contributed by atoms with Crippen LogP contribution < -0.4 is 15.5 Å². The smallest absolute Gasteiger partial charge is 0.415 e. The predicted molar refractivity (Wildman–Crippen MR) is 132 cm³/mol. The Bertz CT molecular complexity index is 1090. The number of nitrogens with zero attached hydrogens (tertiary/aromatic N) is 2. The second kappa shape index (κ2) is 10.0. The van der Waals surface area contributed by atoms with Gasteiger partial charge in [-0.1, -0.05) is 17.7 Å². The van der Waals surface area contributed by atoms with Crippen LogP contribution in [0.2, 0.25) is 5.02 Å². The zero-order valence-electron chi connectivity index (χ0n) is 19.4. The summed E-state index contributed by atoms with van der Waals surface area (Å²) in [5.41, 5.74) is 2.45. The molecule has 34 heavy (non-hydrogen) atoms. The highest BCUT2D eigenvalue weighted by Gasteiger charge is 2.46. The van der Waals surface area contributed by atoms with Crippen LogP contribution in [0.25, 0.3) is 0 Å². The number of anilines is 3. The molecule has 180 valence electrons. The zero-order chi connectivity index (χ0) is 24.3. The monoisotopic (exact) mass is 484 g/mol. The number of aryl methyl sites for hydroxylation is 1. The van der Waals surface area contributed by atoms with Gasteiger partial charge in [-0.25, -0.2) is 4.79 Å². The quantitative estimate of drug-likeness (QED) is 0.655. The highest BCUT2D eigenvalue weighted by atomic mass is 35.5. The molecule has 1 spiro atoms. The van der Waals surface area contributed by atoms with E-state index in [0.717, 1.165) is 30.6 Å². The summed E-state index contributed by atoms with van der Waals surface area (Å²) in [5, 5.41) is 6.31. The summed E-state index contributed by atoms with van der Waals surface area (Å²) in [7, 11) is 0. The van der Waals surface area contributed by atoms with Crippen LogP contribution >= 0.6 is 11.6 Å². The maximum absolute atomic E-state index is 12.7. The maximum Gasteiger partial charge on any atom is 0.415 e. The average molecular weight is 485 g/mol. The second-order valence-corrected chi connectivity index (χ2v) is 9.44. The minimum atomic E-state index is -0.549. The number of benzene rings is 2. The van der Waals surface area contributed by atoms with Crippen LogP contribution in [0.15, 0.2) is 42.5 Å². The maximum atomic E-state index is 12.7. The molecule has 3 amide bonds. The first-order chi connectivity index (χ1) is 16.2. The first kappa shape index (κ1) is 24.0. The van der Waals surface area contributed by atoms with E-state index in [-0.39, 0.29) is 24.5 Å². The topological polar surface area (TPSA) is 91.0 Å². The fourth-order valence-electron chi connectivity index (χ4n) is 4.51. The first-order valence-corrected chi connectivity index (χ1v) is 11.8. The Balaban J connectivity index is 1.34. The van der Waals surface area contributed by atoms with E-state index in [9.17, 15) is 14.4 Å². The van der Waals surface area contributed by atoms with Crippen LogP contribution in [0.4, 0.5) is 21.9 Å². The fraction of sp³-hybridized carbons (Fsp3) is 0.400. The van der Waals surface area contributed by atoms with E-state index in [2.05, 4.69) is 15.5 Å². The number of halogens is 1. The standard InChI is InChI=1S/C25H29ClN4O4/c1-17-4-7-20(14-22(17)27-18(2)31)28-23(32)15-29-12-3-10-25(11-13-29)16-30(24(33)34-25)21-8-5-19(26)6-9-21/h4-9,14H,3,10-13,15-16H2,1-2H3,(H,27,31)(H,28,32). The summed E-state index contributed by atoms with van der Waals surface area (Å²) in [4.78, 5) is 40.4. The molecule has 8 nitrogen and oxygen atoms in total. The lowest BCUT2D eigenvalue weighted by Gasteiger charge is -2.25. The normalized spacial score (nSPS) is 20.7. The van der Waals surface area contributed by atoms with Crippen LogP contribution in [-0.4, -0.2) is 54.6 Å². The van der Waals surface area contributed by atoms with Gasteiger partial charge in [-0.15, -0.1) is 0 Å². The molecule has 4 rings (SSSR count). The molecule has 0 saturated carbocycles. The Kier molecular flexibility index (Phi) is 7.09. The molecule has 2 aliphatic rings. The van der Waals surface area contributed by atoms with Crippen molar-refractivity contribution in [3.63, 3.8) is 0 Å². The molecule has 0 aliphatic carbocycles. The van der Waals surface area contributed by atoms with Crippen molar-refractivity contribution in [2.24, 2.45) is 0 Å². The van der Waals surface area contributed by atoms with Gasteiger partial charge in [0.05, 0.1) is 13.1 Å². The Labute approximate surface area is 204 Å². The van der Waals surface area contributed by atoms with Gasteiger partial charge >= 0.3 is 6.09 Å². The van der Waals surface area contributed by atoms with Gasteiger partial charge in [-0.3, -0.25) is 19.4 Å². The third-order valence-electron chi connectivity index (χ3n) is 6.30. The SMILES string of the molecule is CC(=O)Nc1cc(NC(=O)CN2CCCC3(CC2)CN(c2ccc(Cl)cc2)C(=O)O3)ccc1C. The minimum Gasteiger partial charge on any atom is -0.441 e. The molecular weight excluding hydrogens is 456 g/mol. The zero-order valence-corrected chi connectivity index (χ0v) is 20.2. The van der Waals surface area contributed by atoms with Gasteiger partial charge in [0.25, 0.3) is 0 Å². The van der Waals surface area contributed by atoms with E-state index >= 15 is 0 Å². The summed E-state index contributed by atoms with van der Waals surface area (Å²) in [6.07, 6.45) is 1.89. The molecule has 2 aromatic rings. The number of carbonyl (C=O) groups excluding carboxylic acids is 3. The highest BCUT2D eigenvalue weighted by molar-refractivity contribution is 6.30. The largest absolute Gasteiger partial charge is 0.441 e. The van der Waals surface area contributed by atoms with Crippen molar-refractivity contribution < 1.29 is 19.1 Å². The Hall–Kier alpha value is -3.10. The molecular formula is C25H29ClN4O4. The number of ether oxygens (including phenoxy) is 1. The molecule has 1 unspecified atom stereocenters. The molecule has 1 atom stereocenters. The van der Waals surface area contributed by atoms with Crippen LogP contribution in [0.3, 0.4) is 0 Å². The highest BCUT2D eigenvalue weighted by Crippen LogP contribution is 2.36. The number of carbonyl (C=O) groups is 3. The van der Waals surface area contributed by atoms with Gasteiger partial charge in [0, 0.05) is 42.0 Å². The average Bonchev–Trinajstić information content (AvgIpc) is 2.98. The number of hydrogen-bond acceptors (Lipinski definition) is 5. The van der Waals surface area contributed by atoms with Crippen molar-refractivity contribution >= 4 is 46.6 Å². The van der Waals surface area contributed by atoms with Crippen molar-refractivity contribution in [3.8, 4) is 0 Å². The summed E-state index contributed by atoms with van der Waals surface area (Å²) < 4.78 is 5.86.